The van der Waals surface area contributed by atoms with Crippen molar-refractivity contribution in [1.29, 1.82) is 5.26 Å². The van der Waals surface area contributed by atoms with Gasteiger partial charge in [-0.15, -0.1) is 0 Å². The molecule has 0 aromatic rings. The molecule has 2 aliphatic rings. The standard InChI is InChI=1S/C16H23N3O3/c1-15(2)4-12-5-16(3,9-15)10-19(12)8-11(6-17)14(22)18-7-13(20)21/h8,12H,4-5,7,9-10H2,1-3H3,(H,18,22)(H,20,21)/b11-8-. The second kappa shape index (κ2) is 5.64. The third-order valence-electron chi connectivity index (χ3n) is 4.52. The van der Waals surface area contributed by atoms with Gasteiger partial charge in [0.05, 0.1) is 0 Å². The van der Waals surface area contributed by atoms with E-state index in [2.05, 4.69) is 31.0 Å². The number of carbonyl (C=O) groups excluding carboxylic acids is 1. The molecule has 1 heterocycles. The van der Waals surface area contributed by atoms with Gasteiger partial charge in [-0.3, -0.25) is 9.59 Å². The summed E-state index contributed by atoms with van der Waals surface area (Å²) in [6.07, 6.45) is 4.85. The highest BCUT2D eigenvalue weighted by molar-refractivity contribution is 5.98. The van der Waals surface area contributed by atoms with Gasteiger partial charge in [0.2, 0.25) is 0 Å². The van der Waals surface area contributed by atoms with E-state index in [0.717, 1.165) is 25.8 Å². The Hall–Kier alpha value is -2.03. The Bertz CT molecular complexity index is 561. The van der Waals surface area contributed by atoms with Crippen LogP contribution in [0.3, 0.4) is 0 Å². The molecule has 1 saturated heterocycles. The van der Waals surface area contributed by atoms with E-state index in [-0.39, 0.29) is 16.4 Å². The van der Waals surface area contributed by atoms with Gasteiger partial charge in [-0.05, 0) is 30.1 Å². The molecule has 6 heteroatoms. The van der Waals surface area contributed by atoms with Gasteiger partial charge in [0.15, 0.2) is 0 Å². The number of carbonyl (C=O) groups is 2. The van der Waals surface area contributed by atoms with E-state index >= 15 is 0 Å². The first-order valence-corrected chi connectivity index (χ1v) is 7.52. The first kappa shape index (κ1) is 16.3. The molecular formula is C16H23N3O3. The number of nitrogens with zero attached hydrogens (tertiary/aromatic N) is 2. The van der Waals surface area contributed by atoms with Gasteiger partial charge in [0.25, 0.3) is 5.91 Å². The molecule has 120 valence electrons. The number of nitrogens with one attached hydrogen (secondary N) is 1. The molecule has 1 aliphatic heterocycles. The Balaban J connectivity index is 2.13. The van der Waals surface area contributed by atoms with Gasteiger partial charge in [0, 0.05) is 18.8 Å². The number of aliphatic carboxylic acids is 1. The van der Waals surface area contributed by atoms with E-state index in [9.17, 15) is 14.9 Å². The van der Waals surface area contributed by atoms with Crippen LogP contribution in [0, 0.1) is 22.2 Å². The van der Waals surface area contributed by atoms with Crippen LogP contribution in [0.25, 0.3) is 0 Å². The maximum Gasteiger partial charge on any atom is 0.322 e. The lowest BCUT2D eigenvalue weighted by atomic mass is 9.65. The van der Waals surface area contributed by atoms with Crippen LogP contribution in [0.4, 0.5) is 0 Å². The Labute approximate surface area is 130 Å². The van der Waals surface area contributed by atoms with E-state index < -0.39 is 18.4 Å². The molecule has 0 radical (unpaired) electrons. The van der Waals surface area contributed by atoms with E-state index in [1.165, 1.54) is 0 Å². The number of likely N-dealkylation sites (tertiary alicyclic amines) is 1. The van der Waals surface area contributed by atoms with Crippen molar-refractivity contribution in [3.05, 3.63) is 11.8 Å². The van der Waals surface area contributed by atoms with Crippen molar-refractivity contribution >= 4 is 11.9 Å². The lowest BCUT2D eigenvalue weighted by molar-refractivity contribution is -0.137. The highest BCUT2D eigenvalue weighted by Gasteiger charge is 2.48. The van der Waals surface area contributed by atoms with Crippen LogP contribution in [-0.2, 0) is 9.59 Å². The lowest BCUT2D eigenvalue weighted by Gasteiger charge is -2.39. The van der Waals surface area contributed by atoms with Gasteiger partial charge in [-0.25, -0.2) is 0 Å². The molecule has 1 amide bonds. The number of rotatable bonds is 4. The topological polar surface area (TPSA) is 93.4 Å². The smallest absolute Gasteiger partial charge is 0.322 e. The number of nitriles is 1. The van der Waals surface area contributed by atoms with Crippen LogP contribution < -0.4 is 5.32 Å². The molecule has 2 N–H and O–H groups in total. The second-order valence-electron chi connectivity index (χ2n) is 7.62. The Morgan fingerprint density at radius 2 is 2.09 bits per heavy atom. The van der Waals surface area contributed by atoms with Crippen molar-refractivity contribution in [3.8, 4) is 6.07 Å². The maximum atomic E-state index is 11.9. The zero-order valence-electron chi connectivity index (χ0n) is 13.3. The van der Waals surface area contributed by atoms with Crippen LogP contribution in [0.15, 0.2) is 11.8 Å². The lowest BCUT2D eigenvalue weighted by Crippen LogP contribution is -2.34. The van der Waals surface area contributed by atoms with Crippen LogP contribution in [0.2, 0.25) is 0 Å². The molecule has 2 unspecified atom stereocenters. The van der Waals surface area contributed by atoms with Crippen molar-refractivity contribution in [1.82, 2.24) is 10.2 Å². The Morgan fingerprint density at radius 3 is 2.68 bits per heavy atom. The summed E-state index contributed by atoms with van der Waals surface area (Å²) >= 11 is 0. The number of carboxylic acids is 1. The first-order chi connectivity index (χ1) is 10.1. The van der Waals surface area contributed by atoms with Gasteiger partial charge < -0.3 is 15.3 Å². The summed E-state index contributed by atoms with van der Waals surface area (Å²) in [6, 6.07) is 2.22. The predicted molar refractivity (Wildman–Crippen MR) is 80.6 cm³/mol. The van der Waals surface area contributed by atoms with Crippen molar-refractivity contribution in [2.24, 2.45) is 10.8 Å². The number of carboxylic acid groups (broad SMARTS) is 1. The minimum Gasteiger partial charge on any atom is -0.480 e. The fourth-order valence-corrected chi connectivity index (χ4v) is 4.21. The predicted octanol–water partition coefficient (Wildman–Crippen LogP) is 1.50. The third-order valence-corrected chi connectivity index (χ3v) is 4.52. The van der Waals surface area contributed by atoms with E-state index in [0.29, 0.717) is 6.04 Å². The fraction of sp³-hybridized carbons (Fsp3) is 0.688. The first-order valence-electron chi connectivity index (χ1n) is 7.52. The van der Waals surface area contributed by atoms with Crippen molar-refractivity contribution in [3.63, 3.8) is 0 Å². The minimum absolute atomic E-state index is 0.0322. The molecule has 6 nitrogen and oxygen atoms in total. The Kier molecular flexibility index (Phi) is 4.19. The molecule has 2 rings (SSSR count). The maximum absolute atomic E-state index is 11.9. The minimum atomic E-state index is -1.13. The van der Waals surface area contributed by atoms with Crippen LogP contribution in [0.5, 0.6) is 0 Å². The summed E-state index contributed by atoms with van der Waals surface area (Å²) in [7, 11) is 0. The summed E-state index contributed by atoms with van der Waals surface area (Å²) in [6.45, 7) is 7.13. The van der Waals surface area contributed by atoms with Gasteiger partial charge in [0.1, 0.15) is 18.2 Å². The zero-order valence-corrected chi connectivity index (χ0v) is 13.3. The van der Waals surface area contributed by atoms with Crippen molar-refractivity contribution in [2.45, 2.75) is 46.1 Å². The van der Waals surface area contributed by atoms with E-state index in [1.807, 2.05) is 6.07 Å². The molecule has 0 aromatic heterocycles. The zero-order chi connectivity index (χ0) is 16.5. The highest BCUT2D eigenvalue weighted by atomic mass is 16.4. The molecule has 22 heavy (non-hydrogen) atoms. The van der Waals surface area contributed by atoms with Gasteiger partial charge in [-0.2, -0.15) is 5.26 Å². The monoisotopic (exact) mass is 305 g/mol. The Morgan fingerprint density at radius 1 is 1.41 bits per heavy atom. The van der Waals surface area contributed by atoms with E-state index in [4.69, 9.17) is 5.11 Å². The van der Waals surface area contributed by atoms with Gasteiger partial charge in [-0.1, -0.05) is 20.8 Å². The third kappa shape index (κ3) is 3.59. The molecule has 1 aliphatic carbocycles. The van der Waals surface area contributed by atoms with Crippen LogP contribution in [0.1, 0.15) is 40.0 Å². The number of fused-ring (bicyclic) bond motifs is 2. The number of amides is 1. The molecule has 0 spiro atoms. The SMILES string of the molecule is CC1(C)CC2CC(C)(CN2/C=C(/C#N)C(=O)NCC(=O)O)C1. The number of hydrogen-bond acceptors (Lipinski definition) is 4. The van der Waals surface area contributed by atoms with E-state index in [1.54, 1.807) is 6.20 Å². The quantitative estimate of drug-likeness (QED) is 0.606. The summed E-state index contributed by atoms with van der Waals surface area (Å²) in [5, 5.41) is 20.0. The van der Waals surface area contributed by atoms with Crippen LogP contribution >= 0.6 is 0 Å². The highest BCUT2D eigenvalue weighted by Crippen LogP contribution is 2.52. The van der Waals surface area contributed by atoms with Crippen molar-refractivity contribution < 1.29 is 14.7 Å². The second-order valence-corrected chi connectivity index (χ2v) is 7.62. The molecule has 1 saturated carbocycles. The average Bonchev–Trinajstić information content (AvgIpc) is 2.61. The van der Waals surface area contributed by atoms with Gasteiger partial charge >= 0.3 is 5.97 Å². The normalized spacial score (nSPS) is 29.8. The molecule has 2 bridgehead atoms. The molecule has 0 aromatic carbocycles. The molecule has 2 fully saturated rings. The summed E-state index contributed by atoms with van der Waals surface area (Å²) in [5.41, 5.74) is 0.440. The van der Waals surface area contributed by atoms with Crippen LogP contribution in [-0.4, -0.2) is 41.0 Å². The van der Waals surface area contributed by atoms with Crippen molar-refractivity contribution in [2.75, 3.05) is 13.1 Å². The molecular weight excluding hydrogens is 282 g/mol. The largest absolute Gasteiger partial charge is 0.480 e. The summed E-state index contributed by atoms with van der Waals surface area (Å²) in [5.74, 6) is -1.76. The summed E-state index contributed by atoms with van der Waals surface area (Å²) < 4.78 is 0. The fourth-order valence-electron chi connectivity index (χ4n) is 4.21. The molecule has 2 atom stereocenters. The summed E-state index contributed by atoms with van der Waals surface area (Å²) in [4.78, 5) is 24.5. The average molecular weight is 305 g/mol. The number of hydrogen-bond donors (Lipinski definition) is 2.